The molecule has 1 amide bonds. The number of carboxylic acid groups (broad SMARTS) is 1. The second-order valence-corrected chi connectivity index (χ2v) is 8.00. The predicted octanol–water partition coefficient (Wildman–Crippen LogP) is 2.43. The van der Waals surface area contributed by atoms with Crippen LogP contribution in [0.4, 0.5) is 0 Å². The summed E-state index contributed by atoms with van der Waals surface area (Å²) in [6.45, 7) is 5.21. The first-order valence-corrected chi connectivity index (χ1v) is 9.80. The van der Waals surface area contributed by atoms with Crippen LogP contribution in [0.25, 0.3) is 0 Å². The van der Waals surface area contributed by atoms with Gasteiger partial charge < -0.3 is 25.6 Å². The first-order valence-electron chi connectivity index (χ1n) is 9.80. The zero-order valence-corrected chi connectivity index (χ0v) is 17.8. The highest BCUT2D eigenvalue weighted by atomic mass is 16.6. The van der Waals surface area contributed by atoms with E-state index in [9.17, 15) is 19.5 Å². The first kappa shape index (κ1) is 24.0. The summed E-state index contributed by atoms with van der Waals surface area (Å²) in [4.78, 5) is 36.3. The van der Waals surface area contributed by atoms with Crippen molar-refractivity contribution in [3.05, 3.63) is 71.3 Å². The topological polar surface area (TPSA) is 128 Å². The number of hydrogen-bond donors (Lipinski definition) is 3. The van der Waals surface area contributed by atoms with Gasteiger partial charge in [-0.1, -0.05) is 42.5 Å². The molecule has 0 bridgehead atoms. The average molecular weight is 428 g/mol. The minimum absolute atomic E-state index is 0.172. The summed E-state index contributed by atoms with van der Waals surface area (Å²) in [6.07, 6.45) is 0. The van der Waals surface area contributed by atoms with Crippen molar-refractivity contribution in [3.8, 4) is 0 Å². The number of ether oxygens (including phenoxy) is 2. The molecule has 166 valence electrons. The predicted molar refractivity (Wildman–Crippen MR) is 114 cm³/mol. The smallest absolute Gasteiger partial charge is 0.328 e. The van der Waals surface area contributed by atoms with Gasteiger partial charge in [0.15, 0.2) is 6.04 Å². The van der Waals surface area contributed by atoms with Gasteiger partial charge in [0.1, 0.15) is 11.6 Å². The third-order valence-electron chi connectivity index (χ3n) is 4.17. The summed E-state index contributed by atoms with van der Waals surface area (Å²) < 4.78 is 10.7. The lowest BCUT2D eigenvalue weighted by Crippen LogP contribution is -2.44. The van der Waals surface area contributed by atoms with Gasteiger partial charge in [0.25, 0.3) is 5.91 Å². The van der Waals surface area contributed by atoms with Gasteiger partial charge in [0.05, 0.1) is 13.2 Å². The molecule has 0 saturated carbocycles. The number of carboxylic acids is 1. The Bertz CT molecular complexity index is 908. The molecule has 0 aliphatic rings. The van der Waals surface area contributed by atoms with Gasteiger partial charge in [-0.25, -0.2) is 9.59 Å². The van der Waals surface area contributed by atoms with E-state index in [4.69, 9.17) is 15.2 Å². The molecule has 2 rings (SSSR count). The number of rotatable bonds is 9. The summed E-state index contributed by atoms with van der Waals surface area (Å²) in [6, 6.07) is 13.1. The molecule has 0 heterocycles. The molecule has 8 nitrogen and oxygen atoms in total. The van der Waals surface area contributed by atoms with Crippen LogP contribution < -0.4 is 11.1 Å². The summed E-state index contributed by atoms with van der Waals surface area (Å²) >= 11 is 0. The van der Waals surface area contributed by atoms with Crippen LogP contribution in [0.1, 0.15) is 48.3 Å². The van der Waals surface area contributed by atoms with Crippen LogP contribution in [0.2, 0.25) is 0 Å². The summed E-state index contributed by atoms with van der Waals surface area (Å²) in [5.41, 5.74) is 6.71. The number of benzene rings is 2. The van der Waals surface area contributed by atoms with E-state index in [1.54, 1.807) is 32.9 Å². The quantitative estimate of drug-likeness (QED) is 0.523. The summed E-state index contributed by atoms with van der Waals surface area (Å²) in [5, 5.41) is 11.8. The summed E-state index contributed by atoms with van der Waals surface area (Å²) in [5.74, 6) is -2.46. The van der Waals surface area contributed by atoms with Gasteiger partial charge in [0, 0.05) is 5.56 Å². The fourth-order valence-corrected chi connectivity index (χ4v) is 2.66. The van der Waals surface area contributed by atoms with Gasteiger partial charge in [-0.15, -0.1) is 0 Å². The molecule has 0 saturated heterocycles. The van der Waals surface area contributed by atoms with Crippen molar-refractivity contribution in [2.75, 3.05) is 6.61 Å². The molecule has 0 radical (unpaired) electrons. The molecule has 4 N–H and O–H groups in total. The van der Waals surface area contributed by atoms with Crippen LogP contribution in [-0.4, -0.2) is 41.2 Å². The van der Waals surface area contributed by atoms with Gasteiger partial charge >= 0.3 is 11.9 Å². The number of hydrogen-bond acceptors (Lipinski definition) is 6. The molecule has 8 heteroatoms. The average Bonchev–Trinajstić information content (AvgIpc) is 2.71. The number of nitrogens with two attached hydrogens (primary N) is 1. The molecule has 0 aliphatic heterocycles. The first-order chi connectivity index (χ1) is 14.6. The SMILES string of the molecule is CC(C)(C)OC(=O)[C@H](N)c1cccc(C(=O)NC(COCc2ccccc2)C(=O)O)c1. The van der Waals surface area contributed by atoms with Gasteiger partial charge in [0.2, 0.25) is 0 Å². The van der Waals surface area contributed by atoms with Crippen molar-refractivity contribution in [1.29, 1.82) is 0 Å². The Labute approximate surface area is 181 Å². The molecule has 2 atom stereocenters. The van der Waals surface area contributed by atoms with Crippen molar-refractivity contribution < 1.29 is 29.0 Å². The van der Waals surface area contributed by atoms with Crippen LogP contribution in [0.5, 0.6) is 0 Å². The van der Waals surface area contributed by atoms with Gasteiger partial charge in [-0.05, 0) is 44.0 Å². The number of carbonyl (C=O) groups excluding carboxylic acids is 2. The Kier molecular flexibility index (Phi) is 8.30. The monoisotopic (exact) mass is 428 g/mol. The van der Waals surface area contributed by atoms with E-state index in [1.807, 2.05) is 30.3 Å². The molecule has 2 aromatic carbocycles. The standard InChI is InChI=1S/C23H28N2O6/c1-23(2,3)31-22(29)19(24)16-10-7-11-17(12-16)20(26)25-18(21(27)28)14-30-13-15-8-5-4-6-9-15/h4-12,18-19H,13-14,24H2,1-3H3,(H,25,26)(H,27,28)/t18?,19-/m1/s1. The Morgan fingerprint density at radius 3 is 2.35 bits per heavy atom. The van der Waals surface area contributed by atoms with Crippen LogP contribution >= 0.6 is 0 Å². The molecule has 31 heavy (non-hydrogen) atoms. The van der Waals surface area contributed by atoms with E-state index in [0.29, 0.717) is 5.56 Å². The fourth-order valence-electron chi connectivity index (χ4n) is 2.66. The van der Waals surface area contributed by atoms with Crippen LogP contribution in [-0.2, 0) is 25.7 Å². The Morgan fingerprint density at radius 2 is 1.74 bits per heavy atom. The van der Waals surface area contributed by atoms with Crippen LogP contribution in [0.3, 0.4) is 0 Å². The Balaban J connectivity index is 2.01. The number of nitrogens with one attached hydrogen (secondary N) is 1. The maximum absolute atomic E-state index is 12.6. The van der Waals surface area contributed by atoms with Crippen molar-refractivity contribution in [3.63, 3.8) is 0 Å². The molecular formula is C23H28N2O6. The molecule has 0 aliphatic carbocycles. The number of esters is 1. The van der Waals surface area contributed by atoms with Crippen molar-refractivity contribution in [1.82, 2.24) is 5.32 Å². The van der Waals surface area contributed by atoms with E-state index in [0.717, 1.165) is 5.56 Å². The molecule has 2 aromatic rings. The molecule has 0 spiro atoms. The highest BCUT2D eigenvalue weighted by Gasteiger charge is 2.25. The minimum atomic E-state index is -1.24. The van der Waals surface area contributed by atoms with Gasteiger partial charge in [-0.2, -0.15) is 0 Å². The molecule has 1 unspecified atom stereocenters. The molecule has 0 aromatic heterocycles. The second kappa shape index (κ2) is 10.7. The highest BCUT2D eigenvalue weighted by Crippen LogP contribution is 2.18. The fraction of sp³-hybridized carbons (Fsp3) is 0.348. The van der Waals surface area contributed by atoms with Crippen molar-refractivity contribution in [2.45, 2.75) is 45.1 Å². The normalized spacial score (nSPS) is 13.2. The highest BCUT2D eigenvalue weighted by molar-refractivity contribution is 5.97. The lowest BCUT2D eigenvalue weighted by molar-refractivity contribution is -0.156. The van der Waals surface area contributed by atoms with Crippen molar-refractivity contribution >= 4 is 17.8 Å². The maximum Gasteiger partial charge on any atom is 0.328 e. The third kappa shape index (κ3) is 7.84. The Hall–Kier alpha value is -3.23. The number of amides is 1. The third-order valence-corrected chi connectivity index (χ3v) is 4.17. The van der Waals surface area contributed by atoms with E-state index < -0.39 is 35.5 Å². The van der Waals surface area contributed by atoms with Crippen molar-refractivity contribution in [2.24, 2.45) is 5.73 Å². The zero-order chi connectivity index (χ0) is 23.0. The number of carbonyl (C=O) groups is 3. The minimum Gasteiger partial charge on any atom is -0.480 e. The molecule has 0 fully saturated rings. The van der Waals surface area contributed by atoms with Crippen LogP contribution in [0, 0.1) is 0 Å². The maximum atomic E-state index is 12.6. The van der Waals surface area contributed by atoms with Crippen LogP contribution in [0.15, 0.2) is 54.6 Å². The lowest BCUT2D eigenvalue weighted by atomic mass is 10.0. The van der Waals surface area contributed by atoms with Gasteiger partial charge in [-0.3, -0.25) is 4.79 Å². The van der Waals surface area contributed by atoms with E-state index in [-0.39, 0.29) is 18.8 Å². The van der Waals surface area contributed by atoms with E-state index in [2.05, 4.69) is 5.32 Å². The lowest BCUT2D eigenvalue weighted by Gasteiger charge is -2.22. The van der Waals surface area contributed by atoms with E-state index in [1.165, 1.54) is 12.1 Å². The second-order valence-electron chi connectivity index (χ2n) is 8.00. The largest absolute Gasteiger partial charge is 0.480 e. The zero-order valence-electron chi connectivity index (χ0n) is 17.8. The Morgan fingerprint density at radius 1 is 1.06 bits per heavy atom. The molecular weight excluding hydrogens is 400 g/mol. The van der Waals surface area contributed by atoms with E-state index >= 15 is 0 Å². The summed E-state index contributed by atoms with van der Waals surface area (Å²) in [7, 11) is 0. The number of aliphatic carboxylic acids is 1.